The summed E-state index contributed by atoms with van der Waals surface area (Å²) in [6.45, 7) is 27.7. The van der Waals surface area contributed by atoms with Crippen molar-refractivity contribution >= 4 is 57.2 Å². The second-order valence-electron chi connectivity index (χ2n) is 21.6. The summed E-state index contributed by atoms with van der Waals surface area (Å²) >= 11 is 0. The van der Waals surface area contributed by atoms with Crippen molar-refractivity contribution in [3.8, 4) is 22.3 Å². The summed E-state index contributed by atoms with van der Waals surface area (Å²) in [4.78, 5) is 5.13. The molecule has 2 aliphatic heterocycles. The van der Waals surface area contributed by atoms with Crippen molar-refractivity contribution in [2.45, 2.75) is 105 Å². The lowest BCUT2D eigenvalue weighted by molar-refractivity contribution is 0.590. The zero-order valence-corrected chi connectivity index (χ0v) is 38.4. The average Bonchev–Trinajstić information content (AvgIpc) is 3.22. The molecule has 2 aliphatic rings. The van der Waals surface area contributed by atoms with Crippen LogP contribution in [0.2, 0.25) is 0 Å². The van der Waals surface area contributed by atoms with E-state index in [4.69, 9.17) is 0 Å². The van der Waals surface area contributed by atoms with Gasteiger partial charge in [-0.15, -0.1) is 0 Å². The normalized spacial score (nSPS) is 13.8. The molecule has 0 radical (unpaired) electrons. The highest BCUT2D eigenvalue weighted by Crippen LogP contribution is 2.48. The molecule has 0 atom stereocenters. The summed E-state index contributed by atoms with van der Waals surface area (Å²) in [6.07, 6.45) is 0. The van der Waals surface area contributed by atoms with Crippen molar-refractivity contribution in [2.24, 2.45) is 0 Å². The minimum Gasteiger partial charge on any atom is -0.311 e. The molecule has 306 valence electrons. The number of hydrogen-bond donors (Lipinski definition) is 0. The van der Waals surface area contributed by atoms with Crippen molar-refractivity contribution in [1.82, 2.24) is 0 Å². The summed E-state index contributed by atoms with van der Waals surface area (Å²) in [5.41, 5.74) is 21.6. The van der Waals surface area contributed by atoms with E-state index in [0.29, 0.717) is 0 Å². The summed E-state index contributed by atoms with van der Waals surface area (Å²) in [7, 11) is 0. The maximum absolute atomic E-state index is 2.57. The summed E-state index contributed by atoms with van der Waals surface area (Å²) in [6, 6.07) is 58.3. The number of fused-ring (bicyclic) bond motifs is 4. The van der Waals surface area contributed by atoms with E-state index in [1.807, 2.05) is 0 Å². The summed E-state index contributed by atoms with van der Waals surface area (Å²) < 4.78 is 0. The van der Waals surface area contributed by atoms with E-state index in [0.717, 1.165) is 5.69 Å². The zero-order chi connectivity index (χ0) is 43.2. The topological polar surface area (TPSA) is 6.48 Å². The maximum Gasteiger partial charge on any atom is 0.252 e. The van der Waals surface area contributed by atoms with E-state index in [1.54, 1.807) is 0 Å². The van der Waals surface area contributed by atoms with Gasteiger partial charge in [-0.2, -0.15) is 0 Å². The van der Waals surface area contributed by atoms with Crippen molar-refractivity contribution in [1.29, 1.82) is 0 Å². The van der Waals surface area contributed by atoms with Crippen LogP contribution in [0, 0.1) is 0 Å². The Hall–Kier alpha value is -5.80. The first-order valence-corrected chi connectivity index (χ1v) is 22.2. The molecule has 2 heterocycles. The fourth-order valence-corrected chi connectivity index (χ4v) is 9.37. The van der Waals surface area contributed by atoms with Gasteiger partial charge in [0.2, 0.25) is 0 Å². The molecule has 0 unspecified atom stereocenters. The van der Waals surface area contributed by atoms with Crippen LogP contribution in [0.4, 0.5) is 34.1 Å². The van der Waals surface area contributed by atoms with Gasteiger partial charge in [0, 0.05) is 34.1 Å². The van der Waals surface area contributed by atoms with Crippen LogP contribution in [0.5, 0.6) is 0 Å². The second kappa shape index (κ2) is 14.4. The van der Waals surface area contributed by atoms with Gasteiger partial charge in [0.1, 0.15) is 0 Å². The molecule has 2 nitrogen and oxygen atoms in total. The zero-order valence-electron chi connectivity index (χ0n) is 38.4. The third-order valence-corrected chi connectivity index (χ3v) is 13.1. The maximum atomic E-state index is 2.57. The van der Waals surface area contributed by atoms with Gasteiger partial charge in [-0.3, -0.25) is 0 Å². The van der Waals surface area contributed by atoms with Gasteiger partial charge in [-0.05, 0) is 131 Å². The molecule has 0 aromatic heterocycles. The first-order valence-electron chi connectivity index (χ1n) is 22.2. The molecule has 0 amide bonds. The van der Waals surface area contributed by atoms with E-state index < -0.39 is 0 Å². The highest BCUT2D eigenvalue weighted by atomic mass is 15.2. The van der Waals surface area contributed by atoms with E-state index >= 15 is 0 Å². The smallest absolute Gasteiger partial charge is 0.252 e. The lowest BCUT2D eigenvalue weighted by Crippen LogP contribution is -2.61. The first kappa shape index (κ1) is 40.6. The average molecular weight is 797 g/mol. The molecule has 0 bridgehead atoms. The van der Waals surface area contributed by atoms with Crippen LogP contribution in [0.15, 0.2) is 152 Å². The van der Waals surface area contributed by atoms with Crippen LogP contribution in [0.1, 0.15) is 105 Å². The van der Waals surface area contributed by atoms with Gasteiger partial charge in [-0.25, -0.2) is 0 Å². The predicted octanol–water partition coefficient (Wildman–Crippen LogP) is 14.3. The molecular weight excluding hydrogens is 735 g/mol. The van der Waals surface area contributed by atoms with Crippen molar-refractivity contribution in [3.05, 3.63) is 174 Å². The van der Waals surface area contributed by atoms with Crippen LogP contribution in [0.25, 0.3) is 22.3 Å². The van der Waals surface area contributed by atoms with E-state index in [2.05, 4.69) is 245 Å². The van der Waals surface area contributed by atoms with Crippen LogP contribution in [0.3, 0.4) is 0 Å². The van der Waals surface area contributed by atoms with Crippen LogP contribution in [-0.4, -0.2) is 6.71 Å². The molecule has 3 heteroatoms. The quantitative estimate of drug-likeness (QED) is 0.164. The standard InChI is InChI=1S/C58H61BN2/c1-55(2,3)42-21-18-39(19-22-42)41-35-52-54-53(36-41)61(47-30-25-44(26-31-47)57(7,8)9)51-37-45(58(10,11)12)27-33-49(51)59(54)48-32-20-40(38-16-14-13-15-17-38)34-50(48)60(52)46-28-23-43(24-29-46)56(4,5)6/h13-37H,1-12H3. The third-order valence-electron chi connectivity index (χ3n) is 13.1. The van der Waals surface area contributed by atoms with E-state index in [1.165, 1.54) is 89.3 Å². The monoisotopic (exact) mass is 796 g/mol. The third kappa shape index (κ3) is 7.31. The second-order valence-corrected chi connectivity index (χ2v) is 21.6. The molecule has 0 saturated carbocycles. The van der Waals surface area contributed by atoms with Crippen molar-refractivity contribution < 1.29 is 0 Å². The minimum absolute atomic E-state index is 0.0239. The van der Waals surface area contributed by atoms with E-state index in [-0.39, 0.29) is 28.4 Å². The summed E-state index contributed by atoms with van der Waals surface area (Å²) in [5.74, 6) is 0. The fraction of sp³-hybridized carbons (Fsp3) is 0.276. The van der Waals surface area contributed by atoms with E-state index in [9.17, 15) is 0 Å². The Morgan fingerprint density at radius 2 is 0.672 bits per heavy atom. The van der Waals surface area contributed by atoms with Gasteiger partial charge in [0.05, 0.1) is 0 Å². The Morgan fingerprint density at radius 1 is 0.311 bits per heavy atom. The molecular formula is C58H61BN2. The van der Waals surface area contributed by atoms with Crippen LogP contribution < -0.4 is 26.2 Å². The van der Waals surface area contributed by atoms with Gasteiger partial charge in [-0.1, -0.05) is 186 Å². The molecule has 9 rings (SSSR count). The number of rotatable bonds is 4. The van der Waals surface area contributed by atoms with Crippen LogP contribution in [-0.2, 0) is 21.7 Å². The SMILES string of the molecule is CC(C)(C)c1ccc(-c2cc3c4c(c2)N(c2ccc(C(C)(C)C)cc2)c2cc(C(C)(C)C)ccc2B4c2ccc(-c4ccccc4)cc2N3c2ccc(C(C)(C)C)cc2)cc1. The number of benzene rings is 7. The molecule has 0 fully saturated rings. The molecule has 0 saturated heterocycles. The van der Waals surface area contributed by atoms with Gasteiger partial charge < -0.3 is 9.80 Å². The Morgan fingerprint density at radius 3 is 1.13 bits per heavy atom. The van der Waals surface area contributed by atoms with Gasteiger partial charge >= 0.3 is 0 Å². The Kier molecular flexibility index (Phi) is 9.59. The molecule has 61 heavy (non-hydrogen) atoms. The van der Waals surface area contributed by atoms with Crippen molar-refractivity contribution in [3.63, 3.8) is 0 Å². The number of nitrogens with zero attached hydrogens (tertiary/aromatic N) is 2. The molecule has 0 spiro atoms. The first-order chi connectivity index (χ1) is 28.8. The molecule has 0 N–H and O–H groups in total. The lowest BCUT2D eigenvalue weighted by Gasteiger charge is -2.45. The summed E-state index contributed by atoms with van der Waals surface area (Å²) in [5, 5.41) is 0. The Labute approximate surface area is 366 Å². The van der Waals surface area contributed by atoms with Crippen LogP contribution >= 0.6 is 0 Å². The number of anilines is 6. The Balaban J connectivity index is 1.39. The minimum atomic E-state index is -0.0239. The largest absolute Gasteiger partial charge is 0.311 e. The van der Waals surface area contributed by atoms with Crippen molar-refractivity contribution in [2.75, 3.05) is 9.80 Å². The highest BCUT2D eigenvalue weighted by Gasteiger charge is 2.44. The number of hydrogen-bond acceptors (Lipinski definition) is 2. The van der Waals surface area contributed by atoms with Gasteiger partial charge in [0.25, 0.3) is 6.71 Å². The lowest BCUT2D eigenvalue weighted by atomic mass is 9.33. The van der Waals surface area contributed by atoms with Gasteiger partial charge in [0.15, 0.2) is 0 Å². The molecule has 7 aromatic rings. The predicted molar refractivity (Wildman–Crippen MR) is 266 cm³/mol. The highest BCUT2D eigenvalue weighted by molar-refractivity contribution is 7.00. The molecule has 0 aliphatic carbocycles. The Bertz CT molecular complexity index is 2750. The molecule has 7 aromatic carbocycles. The fourth-order valence-electron chi connectivity index (χ4n) is 9.37.